The molecule has 1 spiro atoms. The van der Waals surface area contributed by atoms with Gasteiger partial charge in [-0.15, -0.1) is 0 Å². The van der Waals surface area contributed by atoms with Crippen LogP contribution < -0.4 is 37.1 Å². The average molecular weight is 532 g/mol. The normalized spacial score (nSPS) is 29.9. The maximum Gasteiger partial charge on any atom is 0.407 e. The standard InChI is InChI=1S/C24H34N8O6/c1-4-37-21(34)27-10-14-17-23(31-19(25)30-17)24(35,36)15(11-32(23)20(26)28-14)29-18(33)12-6-5-7-13-16(12)38-9-8-22(13,2)3/h5-7,14-15,17,35-36H,4,8-11H2,1-3H3,(H2,26,28)(H,27,34)(H,29,33)(H3,25,30,31)/p+1/t14-,15?,17-,23-/m0/s1. The molecule has 4 aliphatic heterocycles. The number of nitrogens with two attached hydrogens (primary N) is 2. The van der Waals surface area contributed by atoms with Crippen LogP contribution in [-0.4, -0.2) is 94.9 Å². The van der Waals surface area contributed by atoms with Crippen molar-refractivity contribution in [1.82, 2.24) is 20.9 Å². The van der Waals surface area contributed by atoms with Crippen LogP contribution >= 0.6 is 0 Å². The Morgan fingerprint density at radius 3 is 2.84 bits per heavy atom. The van der Waals surface area contributed by atoms with Crippen molar-refractivity contribution in [3.05, 3.63) is 29.3 Å². The number of nitrogens with zero attached hydrogens (tertiary/aromatic N) is 2. The van der Waals surface area contributed by atoms with E-state index >= 15 is 0 Å². The minimum Gasteiger partial charge on any atom is -0.492 e. The van der Waals surface area contributed by atoms with Gasteiger partial charge in [-0.1, -0.05) is 26.0 Å². The van der Waals surface area contributed by atoms with Crippen LogP contribution in [0.4, 0.5) is 4.79 Å². The highest BCUT2D eigenvalue weighted by molar-refractivity contribution is 5.98. The van der Waals surface area contributed by atoms with Crippen LogP contribution in [0.1, 0.15) is 43.1 Å². The Morgan fingerprint density at radius 2 is 2.11 bits per heavy atom. The van der Waals surface area contributed by atoms with Gasteiger partial charge in [0.15, 0.2) is 12.0 Å². The Balaban J connectivity index is 1.43. The number of benzene rings is 1. The molecule has 1 saturated heterocycles. The van der Waals surface area contributed by atoms with Crippen LogP contribution in [0.25, 0.3) is 0 Å². The minimum atomic E-state index is -2.57. The number of carbonyl (C=O) groups excluding carboxylic acids is 2. The van der Waals surface area contributed by atoms with Crippen LogP contribution in [0.2, 0.25) is 0 Å². The first-order valence-corrected chi connectivity index (χ1v) is 12.6. The number of nitrogens with one attached hydrogen (secondary N) is 4. The highest BCUT2D eigenvalue weighted by Crippen LogP contribution is 2.42. The molecule has 0 bridgehead atoms. The van der Waals surface area contributed by atoms with Crippen molar-refractivity contribution in [3.8, 4) is 5.75 Å². The number of aliphatic imine (C=N–C) groups is 1. The number of hydrogen-bond acceptors (Lipinski definition) is 11. The molecule has 4 aliphatic rings. The summed E-state index contributed by atoms with van der Waals surface area (Å²) in [6.07, 6.45) is 0.165. The van der Waals surface area contributed by atoms with Crippen LogP contribution in [0.5, 0.6) is 5.75 Å². The Bertz CT molecular complexity index is 1220. The number of aliphatic hydroxyl groups is 2. The van der Waals surface area contributed by atoms with E-state index in [1.807, 2.05) is 6.07 Å². The van der Waals surface area contributed by atoms with Gasteiger partial charge < -0.3 is 36.1 Å². The third kappa shape index (κ3) is 3.77. The molecule has 0 aromatic heterocycles. The molecule has 5 rings (SSSR count). The maximum atomic E-state index is 13.5. The predicted molar refractivity (Wildman–Crippen MR) is 135 cm³/mol. The fraction of sp³-hybridized carbons (Fsp3) is 0.583. The first kappa shape index (κ1) is 25.9. The van der Waals surface area contributed by atoms with E-state index < -0.39 is 41.6 Å². The van der Waals surface area contributed by atoms with Gasteiger partial charge in [0.2, 0.25) is 5.79 Å². The van der Waals surface area contributed by atoms with Crippen molar-refractivity contribution in [3.63, 3.8) is 0 Å². The molecular formula is C24H35N8O6+. The first-order valence-electron chi connectivity index (χ1n) is 12.6. The number of carbonyl (C=O) groups is 2. The van der Waals surface area contributed by atoms with Gasteiger partial charge >= 0.3 is 12.1 Å². The molecule has 4 atom stereocenters. The van der Waals surface area contributed by atoms with Gasteiger partial charge in [0, 0.05) is 12.1 Å². The lowest BCUT2D eigenvalue weighted by atomic mass is 9.79. The average Bonchev–Trinajstić information content (AvgIpc) is 3.32. The smallest absolute Gasteiger partial charge is 0.407 e. The third-order valence-corrected chi connectivity index (χ3v) is 7.88. The summed E-state index contributed by atoms with van der Waals surface area (Å²) in [6, 6.07) is 2.59. The third-order valence-electron chi connectivity index (χ3n) is 7.88. The Hall–Kier alpha value is -3.78. The van der Waals surface area contributed by atoms with Crippen molar-refractivity contribution in [2.45, 2.75) is 62.2 Å². The lowest BCUT2D eigenvalue weighted by molar-refractivity contribution is -0.521. The summed E-state index contributed by atoms with van der Waals surface area (Å²) in [7, 11) is 0. The number of fused-ring (bicyclic) bond motifs is 1. The number of hydrogen-bond donors (Lipinski definition) is 8. The van der Waals surface area contributed by atoms with Crippen molar-refractivity contribution in [1.29, 1.82) is 0 Å². The highest BCUT2D eigenvalue weighted by atomic mass is 16.5. The minimum absolute atomic E-state index is 0.00712. The van der Waals surface area contributed by atoms with Crippen LogP contribution in [-0.2, 0) is 10.2 Å². The van der Waals surface area contributed by atoms with Crippen LogP contribution in [0.15, 0.2) is 23.2 Å². The molecule has 1 fully saturated rings. The Labute approximate surface area is 219 Å². The molecule has 14 nitrogen and oxygen atoms in total. The second-order valence-corrected chi connectivity index (χ2v) is 10.6. The van der Waals surface area contributed by atoms with Gasteiger partial charge in [-0.3, -0.25) is 20.4 Å². The lowest BCUT2D eigenvalue weighted by Gasteiger charge is -2.46. The molecule has 1 aromatic rings. The second-order valence-electron chi connectivity index (χ2n) is 10.6. The van der Waals surface area contributed by atoms with E-state index in [0.717, 1.165) is 12.0 Å². The van der Waals surface area contributed by atoms with Crippen molar-refractivity contribution in [2.24, 2.45) is 16.5 Å². The van der Waals surface area contributed by atoms with E-state index in [1.54, 1.807) is 19.1 Å². The van der Waals surface area contributed by atoms with Gasteiger partial charge in [0.1, 0.15) is 17.8 Å². The zero-order valence-corrected chi connectivity index (χ0v) is 21.6. The molecule has 206 valence electrons. The Kier molecular flexibility index (Phi) is 6.06. The van der Waals surface area contributed by atoms with Gasteiger partial charge in [-0.25, -0.2) is 15.1 Å². The summed E-state index contributed by atoms with van der Waals surface area (Å²) < 4.78 is 10.8. The molecule has 38 heavy (non-hydrogen) atoms. The molecule has 0 radical (unpaired) electrons. The van der Waals surface area contributed by atoms with Gasteiger partial charge in [-0.05, 0) is 24.8 Å². The fourth-order valence-electron chi connectivity index (χ4n) is 5.89. The summed E-state index contributed by atoms with van der Waals surface area (Å²) >= 11 is 0. The number of guanidine groups is 2. The summed E-state index contributed by atoms with van der Waals surface area (Å²) in [4.78, 5) is 34.3. The molecule has 1 aromatic carbocycles. The summed E-state index contributed by atoms with van der Waals surface area (Å²) in [5.41, 5.74) is 11.7. The number of alkyl carbamates (subject to hydrolysis) is 1. The molecule has 1 unspecified atom stereocenters. The van der Waals surface area contributed by atoms with Crippen LogP contribution in [0, 0.1) is 0 Å². The monoisotopic (exact) mass is 531 g/mol. The molecular weight excluding hydrogens is 496 g/mol. The van der Waals surface area contributed by atoms with E-state index in [4.69, 9.17) is 20.9 Å². The van der Waals surface area contributed by atoms with Crippen molar-refractivity contribution in [2.75, 3.05) is 26.3 Å². The van der Waals surface area contributed by atoms with E-state index in [2.05, 4.69) is 39.8 Å². The first-order chi connectivity index (χ1) is 17.9. The maximum absolute atomic E-state index is 13.5. The number of ether oxygens (including phenoxy) is 2. The largest absolute Gasteiger partial charge is 0.492 e. The highest BCUT2D eigenvalue weighted by Gasteiger charge is 2.76. The summed E-state index contributed by atoms with van der Waals surface area (Å²) in [5.74, 6) is -2.55. The molecule has 14 heteroatoms. The topological polar surface area (TPSA) is 211 Å². The zero-order chi connectivity index (χ0) is 27.5. The Morgan fingerprint density at radius 1 is 1.34 bits per heavy atom. The quantitative estimate of drug-likeness (QED) is 0.175. The summed E-state index contributed by atoms with van der Waals surface area (Å²) in [5, 5.41) is 31.5. The molecule has 0 aliphatic carbocycles. The van der Waals surface area contributed by atoms with E-state index in [0.29, 0.717) is 17.9 Å². The van der Waals surface area contributed by atoms with Gasteiger partial charge in [-0.2, -0.15) is 0 Å². The lowest BCUT2D eigenvalue weighted by Crippen LogP contribution is -2.90. The van der Waals surface area contributed by atoms with Gasteiger partial charge in [0.05, 0.1) is 25.3 Å². The molecule has 0 saturated carbocycles. The SMILES string of the molecule is CCOC(=O)NC[C@@H]1N=C(N)N2CC(NC(=O)c3cccc4c3OCCC4(C)C)C(O)(O)[C@@]23NC(N)=[NH+][C@@H]13. The van der Waals surface area contributed by atoms with E-state index in [-0.39, 0.29) is 37.0 Å². The molecule has 4 heterocycles. The summed E-state index contributed by atoms with van der Waals surface area (Å²) in [6.45, 7) is 6.42. The van der Waals surface area contributed by atoms with Crippen LogP contribution in [0.3, 0.4) is 0 Å². The van der Waals surface area contributed by atoms with E-state index in [9.17, 15) is 19.8 Å². The number of rotatable bonds is 5. The second kappa shape index (κ2) is 8.91. The number of para-hydroxylation sites is 1. The van der Waals surface area contributed by atoms with Crippen molar-refractivity contribution >= 4 is 23.9 Å². The van der Waals surface area contributed by atoms with Gasteiger partial charge in [0.25, 0.3) is 11.6 Å². The van der Waals surface area contributed by atoms with E-state index in [1.165, 1.54) is 4.90 Å². The molecule has 2 amide bonds. The van der Waals surface area contributed by atoms with Crippen molar-refractivity contribution < 1.29 is 34.3 Å². The molecule has 10 N–H and O–H groups in total. The number of amides is 2. The fourth-order valence-corrected chi connectivity index (χ4v) is 5.89. The predicted octanol–water partition coefficient (Wildman–Crippen LogP) is -3.65. The zero-order valence-electron chi connectivity index (χ0n) is 21.6.